The van der Waals surface area contributed by atoms with E-state index in [4.69, 9.17) is 5.26 Å². The lowest BCUT2D eigenvalue weighted by Crippen LogP contribution is -2.35. The van der Waals surface area contributed by atoms with Gasteiger partial charge in [0.15, 0.2) is 0 Å². The van der Waals surface area contributed by atoms with Crippen molar-refractivity contribution in [2.24, 2.45) is 5.92 Å². The molecule has 1 fully saturated rings. The minimum absolute atomic E-state index is 0.236. The van der Waals surface area contributed by atoms with E-state index in [0.717, 1.165) is 31.4 Å². The quantitative estimate of drug-likeness (QED) is 0.822. The zero-order valence-corrected chi connectivity index (χ0v) is 12.1. The predicted octanol–water partition coefficient (Wildman–Crippen LogP) is 3.49. The summed E-state index contributed by atoms with van der Waals surface area (Å²) in [5.74, 6) is 0.550. The summed E-state index contributed by atoms with van der Waals surface area (Å²) in [6, 6.07) is 9.65. The molecule has 0 bridgehead atoms. The fourth-order valence-corrected chi connectivity index (χ4v) is 2.87. The van der Waals surface area contributed by atoms with Gasteiger partial charge in [-0.2, -0.15) is 5.26 Å². The second-order valence-corrected chi connectivity index (χ2v) is 5.55. The van der Waals surface area contributed by atoms with Gasteiger partial charge in [-0.1, -0.05) is 31.9 Å². The molecule has 0 atom stereocenters. The van der Waals surface area contributed by atoms with Crippen LogP contribution in [0.1, 0.15) is 50.2 Å². The molecule has 0 radical (unpaired) electrons. The monoisotopic (exact) mass is 270 g/mol. The zero-order chi connectivity index (χ0) is 14.4. The molecule has 1 aromatic rings. The van der Waals surface area contributed by atoms with Gasteiger partial charge in [0.25, 0.3) is 0 Å². The van der Waals surface area contributed by atoms with Crippen molar-refractivity contribution in [1.82, 2.24) is 4.90 Å². The first-order chi connectivity index (χ1) is 9.74. The Kier molecular flexibility index (Phi) is 5.17. The first-order valence-electron chi connectivity index (χ1n) is 7.52. The third kappa shape index (κ3) is 3.60. The summed E-state index contributed by atoms with van der Waals surface area (Å²) in [5.41, 5.74) is 1.77. The Bertz CT molecular complexity index is 481. The van der Waals surface area contributed by atoms with Crippen molar-refractivity contribution in [1.29, 1.82) is 5.26 Å². The molecular formula is C17H22N2O. The number of hydrogen-bond donors (Lipinski definition) is 0. The van der Waals surface area contributed by atoms with E-state index in [-0.39, 0.29) is 5.92 Å². The van der Waals surface area contributed by atoms with Gasteiger partial charge in [-0.05, 0) is 37.0 Å². The van der Waals surface area contributed by atoms with E-state index in [1.165, 1.54) is 12.8 Å². The van der Waals surface area contributed by atoms with Gasteiger partial charge in [0.2, 0.25) is 5.91 Å². The summed E-state index contributed by atoms with van der Waals surface area (Å²) in [5, 5.41) is 8.81. The number of carbonyl (C=O) groups excluding carboxylic acids is 1. The number of carbonyl (C=O) groups is 1. The molecule has 2 rings (SSSR count). The average molecular weight is 270 g/mol. The zero-order valence-electron chi connectivity index (χ0n) is 12.1. The fourth-order valence-electron chi connectivity index (χ4n) is 2.87. The van der Waals surface area contributed by atoms with Crippen LogP contribution in [0.4, 0.5) is 0 Å². The Morgan fingerprint density at radius 2 is 1.95 bits per heavy atom. The van der Waals surface area contributed by atoms with Gasteiger partial charge in [0, 0.05) is 19.0 Å². The van der Waals surface area contributed by atoms with Crippen LogP contribution in [0.2, 0.25) is 0 Å². The number of nitriles is 1. The molecular weight excluding hydrogens is 248 g/mol. The second kappa shape index (κ2) is 7.09. The number of nitrogens with zero attached hydrogens (tertiary/aromatic N) is 2. The van der Waals surface area contributed by atoms with E-state index in [9.17, 15) is 4.79 Å². The summed E-state index contributed by atoms with van der Waals surface area (Å²) in [4.78, 5) is 14.5. The molecule has 1 amide bonds. The van der Waals surface area contributed by atoms with Crippen LogP contribution >= 0.6 is 0 Å². The first-order valence-corrected chi connectivity index (χ1v) is 7.52. The second-order valence-electron chi connectivity index (χ2n) is 5.55. The summed E-state index contributed by atoms with van der Waals surface area (Å²) >= 11 is 0. The minimum atomic E-state index is 0.236. The maximum absolute atomic E-state index is 12.5. The van der Waals surface area contributed by atoms with E-state index in [0.29, 0.717) is 18.0 Å². The Morgan fingerprint density at radius 1 is 1.30 bits per heavy atom. The highest BCUT2D eigenvalue weighted by molar-refractivity contribution is 5.79. The predicted molar refractivity (Wildman–Crippen MR) is 78.8 cm³/mol. The van der Waals surface area contributed by atoms with Crippen LogP contribution in [-0.4, -0.2) is 17.4 Å². The van der Waals surface area contributed by atoms with Crippen LogP contribution in [0.3, 0.4) is 0 Å². The molecule has 0 heterocycles. The molecule has 0 spiro atoms. The van der Waals surface area contributed by atoms with Crippen LogP contribution in [0, 0.1) is 17.2 Å². The van der Waals surface area contributed by atoms with E-state index >= 15 is 0 Å². The molecule has 106 valence electrons. The lowest BCUT2D eigenvalue weighted by atomic mass is 10.1. The summed E-state index contributed by atoms with van der Waals surface area (Å²) in [6.07, 6.45) is 5.45. The average Bonchev–Trinajstić information content (AvgIpc) is 3.01. The first kappa shape index (κ1) is 14.6. The molecule has 1 aromatic carbocycles. The number of benzene rings is 1. The highest BCUT2D eigenvalue weighted by Gasteiger charge is 2.26. The van der Waals surface area contributed by atoms with Crippen molar-refractivity contribution in [2.75, 3.05) is 6.54 Å². The summed E-state index contributed by atoms with van der Waals surface area (Å²) in [6.45, 7) is 3.58. The molecule has 3 nitrogen and oxygen atoms in total. The normalized spacial score (nSPS) is 15.0. The highest BCUT2D eigenvalue weighted by Crippen LogP contribution is 2.27. The summed E-state index contributed by atoms with van der Waals surface area (Å²) < 4.78 is 0. The molecule has 1 aliphatic carbocycles. The molecule has 20 heavy (non-hydrogen) atoms. The van der Waals surface area contributed by atoms with Crippen LogP contribution in [0.25, 0.3) is 0 Å². The van der Waals surface area contributed by atoms with Crippen molar-refractivity contribution in [3.05, 3.63) is 35.4 Å². The third-order valence-electron chi connectivity index (χ3n) is 3.97. The van der Waals surface area contributed by atoms with Gasteiger partial charge in [-0.3, -0.25) is 4.79 Å². The SMILES string of the molecule is CCCN(Cc1ccc(C#N)cc1)C(=O)C1CCCC1. The van der Waals surface area contributed by atoms with E-state index in [2.05, 4.69) is 13.0 Å². The maximum Gasteiger partial charge on any atom is 0.225 e. The van der Waals surface area contributed by atoms with Gasteiger partial charge in [-0.25, -0.2) is 0 Å². The molecule has 1 saturated carbocycles. The van der Waals surface area contributed by atoms with Crippen molar-refractivity contribution >= 4 is 5.91 Å². The molecule has 0 saturated heterocycles. The van der Waals surface area contributed by atoms with Crippen LogP contribution in [0.15, 0.2) is 24.3 Å². The van der Waals surface area contributed by atoms with Gasteiger partial charge in [0.1, 0.15) is 0 Å². The Labute approximate surface area is 121 Å². The number of rotatable bonds is 5. The molecule has 0 aromatic heterocycles. The van der Waals surface area contributed by atoms with Gasteiger partial charge < -0.3 is 4.90 Å². The Hall–Kier alpha value is -1.82. The topological polar surface area (TPSA) is 44.1 Å². The van der Waals surface area contributed by atoms with Crippen LogP contribution < -0.4 is 0 Å². The standard InChI is InChI=1S/C17H22N2O/c1-2-11-19(17(20)16-5-3-4-6-16)13-15-9-7-14(12-18)8-10-15/h7-10,16H,2-6,11,13H2,1H3. The lowest BCUT2D eigenvalue weighted by Gasteiger charge is -2.25. The fraction of sp³-hybridized carbons (Fsp3) is 0.529. The number of amides is 1. The molecule has 0 unspecified atom stereocenters. The Morgan fingerprint density at radius 3 is 2.50 bits per heavy atom. The summed E-state index contributed by atoms with van der Waals surface area (Å²) in [7, 11) is 0. The van der Waals surface area contributed by atoms with Crippen molar-refractivity contribution < 1.29 is 4.79 Å². The van der Waals surface area contributed by atoms with Crippen LogP contribution in [0.5, 0.6) is 0 Å². The molecule has 0 N–H and O–H groups in total. The van der Waals surface area contributed by atoms with Gasteiger partial charge >= 0.3 is 0 Å². The smallest absolute Gasteiger partial charge is 0.225 e. The van der Waals surface area contributed by atoms with Gasteiger partial charge in [0.05, 0.1) is 11.6 Å². The molecule has 1 aliphatic rings. The van der Waals surface area contributed by atoms with Gasteiger partial charge in [-0.15, -0.1) is 0 Å². The third-order valence-corrected chi connectivity index (χ3v) is 3.97. The Balaban J connectivity index is 2.03. The maximum atomic E-state index is 12.5. The van der Waals surface area contributed by atoms with Crippen molar-refractivity contribution in [3.8, 4) is 6.07 Å². The lowest BCUT2D eigenvalue weighted by molar-refractivity contribution is -0.136. The van der Waals surface area contributed by atoms with E-state index in [1.807, 2.05) is 29.2 Å². The van der Waals surface area contributed by atoms with Crippen molar-refractivity contribution in [3.63, 3.8) is 0 Å². The van der Waals surface area contributed by atoms with Crippen molar-refractivity contribution in [2.45, 2.75) is 45.6 Å². The number of hydrogen-bond acceptors (Lipinski definition) is 2. The van der Waals surface area contributed by atoms with E-state index in [1.54, 1.807) is 0 Å². The molecule has 0 aliphatic heterocycles. The largest absolute Gasteiger partial charge is 0.338 e. The van der Waals surface area contributed by atoms with Crippen LogP contribution in [-0.2, 0) is 11.3 Å². The molecule has 3 heteroatoms. The van der Waals surface area contributed by atoms with E-state index < -0.39 is 0 Å². The highest BCUT2D eigenvalue weighted by atomic mass is 16.2. The minimum Gasteiger partial charge on any atom is -0.338 e.